The summed E-state index contributed by atoms with van der Waals surface area (Å²) in [6, 6.07) is 7.25. The number of nitrogens with one attached hydrogen (secondary N) is 1. The van der Waals surface area contributed by atoms with Gasteiger partial charge in [0.15, 0.2) is 0 Å². The maximum atomic E-state index is 11.8. The summed E-state index contributed by atoms with van der Waals surface area (Å²) in [7, 11) is 3.87. The van der Waals surface area contributed by atoms with Gasteiger partial charge in [0.25, 0.3) is 5.91 Å². The molecule has 1 atom stereocenters. The number of carbonyl (C=O) groups excluding carboxylic acids is 1. The first-order chi connectivity index (χ1) is 8.91. The predicted molar refractivity (Wildman–Crippen MR) is 74.5 cm³/mol. The summed E-state index contributed by atoms with van der Waals surface area (Å²) in [5.74, 6) is -1.47. The third-order valence-corrected chi connectivity index (χ3v) is 2.93. The quantitative estimate of drug-likeness (QED) is 0.818. The molecule has 0 bridgehead atoms. The van der Waals surface area contributed by atoms with Crippen LogP contribution in [0.5, 0.6) is 0 Å². The van der Waals surface area contributed by atoms with E-state index < -0.39 is 11.9 Å². The number of hydrogen-bond acceptors (Lipinski definition) is 3. The molecule has 1 aromatic rings. The van der Waals surface area contributed by atoms with Crippen LogP contribution in [-0.2, 0) is 4.79 Å². The van der Waals surface area contributed by atoms with Crippen molar-refractivity contribution in [2.75, 3.05) is 25.5 Å². The number of nitrogens with zero attached hydrogens (tertiary/aromatic N) is 1. The molecule has 0 saturated carbocycles. The summed E-state index contributed by atoms with van der Waals surface area (Å²) in [6.45, 7) is 1.99. The van der Waals surface area contributed by atoms with Crippen molar-refractivity contribution in [3.05, 3.63) is 29.8 Å². The average molecular weight is 264 g/mol. The highest BCUT2D eigenvalue weighted by Gasteiger charge is 2.11. The van der Waals surface area contributed by atoms with Gasteiger partial charge < -0.3 is 15.3 Å². The molecule has 0 aromatic heterocycles. The normalized spacial score (nSPS) is 11.7. The van der Waals surface area contributed by atoms with Gasteiger partial charge in [-0.05, 0) is 30.7 Å². The topological polar surface area (TPSA) is 69.6 Å². The maximum Gasteiger partial charge on any atom is 0.306 e. The monoisotopic (exact) mass is 264 g/mol. The van der Waals surface area contributed by atoms with Gasteiger partial charge >= 0.3 is 5.97 Å². The molecule has 0 saturated heterocycles. The average Bonchev–Trinajstić information content (AvgIpc) is 2.38. The van der Waals surface area contributed by atoms with E-state index in [1.807, 2.05) is 31.1 Å². The van der Waals surface area contributed by atoms with Gasteiger partial charge in [-0.1, -0.05) is 6.92 Å². The van der Waals surface area contributed by atoms with Crippen LogP contribution in [-0.4, -0.2) is 37.6 Å². The summed E-state index contributed by atoms with van der Waals surface area (Å²) in [4.78, 5) is 24.4. The maximum absolute atomic E-state index is 11.8. The van der Waals surface area contributed by atoms with Crippen LogP contribution in [0.2, 0.25) is 0 Å². The first-order valence-electron chi connectivity index (χ1n) is 6.20. The molecule has 104 valence electrons. The molecule has 1 rings (SSSR count). The predicted octanol–water partition coefficient (Wildman–Crippen LogP) is 1.59. The van der Waals surface area contributed by atoms with Crippen molar-refractivity contribution in [2.24, 2.45) is 5.92 Å². The Labute approximate surface area is 113 Å². The van der Waals surface area contributed by atoms with Gasteiger partial charge in [0.05, 0.1) is 5.92 Å². The van der Waals surface area contributed by atoms with E-state index in [1.165, 1.54) is 0 Å². The third kappa shape index (κ3) is 4.62. The van der Waals surface area contributed by atoms with Gasteiger partial charge in [0.2, 0.25) is 0 Å². The summed E-state index contributed by atoms with van der Waals surface area (Å²) < 4.78 is 0. The van der Waals surface area contributed by atoms with E-state index in [9.17, 15) is 9.59 Å². The van der Waals surface area contributed by atoms with E-state index in [4.69, 9.17) is 5.11 Å². The van der Waals surface area contributed by atoms with Crippen LogP contribution in [0.3, 0.4) is 0 Å². The van der Waals surface area contributed by atoms with Gasteiger partial charge in [-0.2, -0.15) is 0 Å². The Morgan fingerprint density at radius 1 is 1.26 bits per heavy atom. The molecule has 0 spiro atoms. The van der Waals surface area contributed by atoms with Gasteiger partial charge in [-0.3, -0.25) is 9.59 Å². The van der Waals surface area contributed by atoms with E-state index >= 15 is 0 Å². The molecule has 0 fully saturated rings. The lowest BCUT2D eigenvalue weighted by atomic mass is 10.1. The van der Waals surface area contributed by atoms with E-state index in [0.717, 1.165) is 5.69 Å². The van der Waals surface area contributed by atoms with E-state index in [1.54, 1.807) is 19.1 Å². The van der Waals surface area contributed by atoms with Gasteiger partial charge in [0.1, 0.15) is 0 Å². The molecule has 2 N–H and O–H groups in total. The van der Waals surface area contributed by atoms with Gasteiger partial charge in [0, 0.05) is 31.9 Å². The number of hydrogen-bond donors (Lipinski definition) is 2. The Morgan fingerprint density at radius 3 is 2.32 bits per heavy atom. The minimum Gasteiger partial charge on any atom is -0.481 e. The van der Waals surface area contributed by atoms with Crippen LogP contribution in [0, 0.1) is 5.92 Å². The van der Waals surface area contributed by atoms with Crippen LogP contribution in [0.4, 0.5) is 5.69 Å². The van der Waals surface area contributed by atoms with E-state index in [-0.39, 0.29) is 5.91 Å². The zero-order valence-electron chi connectivity index (χ0n) is 11.5. The fraction of sp³-hybridized carbons (Fsp3) is 0.429. The fourth-order valence-electron chi connectivity index (χ4n) is 1.54. The van der Waals surface area contributed by atoms with Crippen molar-refractivity contribution in [3.8, 4) is 0 Å². The highest BCUT2D eigenvalue weighted by Crippen LogP contribution is 2.12. The smallest absolute Gasteiger partial charge is 0.306 e. The Bertz CT molecular complexity index is 441. The molecule has 0 aliphatic heterocycles. The number of benzene rings is 1. The number of carboxylic acids is 1. The summed E-state index contributed by atoms with van der Waals surface area (Å²) in [6.07, 6.45) is 0.427. The van der Waals surface area contributed by atoms with Crippen molar-refractivity contribution in [2.45, 2.75) is 13.3 Å². The second-order valence-corrected chi connectivity index (χ2v) is 4.73. The van der Waals surface area contributed by atoms with Crippen LogP contribution in [0.1, 0.15) is 23.7 Å². The SMILES string of the molecule is CC(CCNC(=O)c1ccc(N(C)C)cc1)C(=O)O. The number of aliphatic carboxylic acids is 1. The molecule has 1 amide bonds. The molecule has 0 heterocycles. The van der Waals surface area contributed by atoms with Crippen LogP contribution < -0.4 is 10.2 Å². The molecule has 0 aliphatic rings. The highest BCUT2D eigenvalue weighted by atomic mass is 16.4. The molecule has 0 radical (unpaired) electrons. The number of carboxylic acid groups (broad SMARTS) is 1. The molecule has 0 aliphatic carbocycles. The largest absolute Gasteiger partial charge is 0.481 e. The van der Waals surface area contributed by atoms with Gasteiger partial charge in [-0.15, -0.1) is 0 Å². The zero-order chi connectivity index (χ0) is 14.4. The Hall–Kier alpha value is -2.04. The standard InChI is InChI=1S/C14H20N2O3/c1-10(14(18)19)8-9-15-13(17)11-4-6-12(7-5-11)16(2)3/h4-7,10H,8-9H2,1-3H3,(H,15,17)(H,18,19). The number of rotatable bonds is 6. The highest BCUT2D eigenvalue weighted by molar-refractivity contribution is 5.94. The lowest BCUT2D eigenvalue weighted by Gasteiger charge is -2.13. The molecular weight excluding hydrogens is 244 g/mol. The van der Waals surface area contributed by atoms with Crippen molar-refractivity contribution in [3.63, 3.8) is 0 Å². The second kappa shape index (κ2) is 6.78. The minimum absolute atomic E-state index is 0.178. The van der Waals surface area contributed by atoms with Crippen molar-refractivity contribution in [1.82, 2.24) is 5.32 Å². The van der Waals surface area contributed by atoms with Crippen molar-refractivity contribution >= 4 is 17.6 Å². The van der Waals surface area contributed by atoms with Crippen molar-refractivity contribution in [1.29, 1.82) is 0 Å². The first kappa shape index (κ1) is 15.0. The van der Waals surface area contributed by atoms with Crippen molar-refractivity contribution < 1.29 is 14.7 Å². The summed E-state index contributed by atoms with van der Waals surface area (Å²) in [5, 5.41) is 11.4. The molecule has 1 unspecified atom stereocenters. The van der Waals surface area contributed by atoms with E-state index in [0.29, 0.717) is 18.5 Å². The number of amides is 1. The molecule has 5 nitrogen and oxygen atoms in total. The van der Waals surface area contributed by atoms with E-state index in [2.05, 4.69) is 5.32 Å². The number of anilines is 1. The molecule has 5 heteroatoms. The number of carbonyl (C=O) groups is 2. The molecular formula is C14H20N2O3. The Kier molecular flexibility index (Phi) is 5.36. The van der Waals surface area contributed by atoms with Crippen LogP contribution >= 0.6 is 0 Å². The second-order valence-electron chi connectivity index (χ2n) is 4.73. The van der Waals surface area contributed by atoms with Crippen LogP contribution in [0.15, 0.2) is 24.3 Å². The fourth-order valence-corrected chi connectivity index (χ4v) is 1.54. The summed E-state index contributed by atoms with van der Waals surface area (Å²) >= 11 is 0. The zero-order valence-corrected chi connectivity index (χ0v) is 11.5. The van der Waals surface area contributed by atoms with Gasteiger partial charge in [-0.25, -0.2) is 0 Å². The third-order valence-electron chi connectivity index (χ3n) is 2.93. The minimum atomic E-state index is -0.843. The Balaban J connectivity index is 2.47. The molecule has 1 aromatic carbocycles. The lowest BCUT2D eigenvalue weighted by molar-refractivity contribution is -0.141. The first-order valence-corrected chi connectivity index (χ1v) is 6.20. The summed E-state index contributed by atoms with van der Waals surface area (Å²) in [5.41, 5.74) is 1.60. The van der Waals surface area contributed by atoms with Crippen LogP contribution in [0.25, 0.3) is 0 Å². The lowest BCUT2D eigenvalue weighted by Crippen LogP contribution is -2.27. The Morgan fingerprint density at radius 2 is 1.84 bits per heavy atom. The molecule has 19 heavy (non-hydrogen) atoms.